The first-order valence-corrected chi connectivity index (χ1v) is 9.23. The van der Waals surface area contributed by atoms with Crippen LogP contribution in [0, 0.1) is 13.8 Å². The summed E-state index contributed by atoms with van der Waals surface area (Å²) in [4.78, 5) is 21.3. The van der Waals surface area contributed by atoms with Crippen LogP contribution < -0.4 is 0 Å². The molecule has 0 N–H and O–H groups in total. The highest BCUT2D eigenvalue weighted by Crippen LogP contribution is 2.31. The number of hydrogen-bond acceptors (Lipinski definition) is 5. The van der Waals surface area contributed by atoms with E-state index in [1.165, 1.54) is 4.80 Å². The van der Waals surface area contributed by atoms with E-state index in [0.717, 1.165) is 30.1 Å². The van der Waals surface area contributed by atoms with Gasteiger partial charge in [0, 0.05) is 12.6 Å². The van der Waals surface area contributed by atoms with Crippen LogP contribution in [0.3, 0.4) is 0 Å². The van der Waals surface area contributed by atoms with Crippen LogP contribution in [-0.4, -0.2) is 43.4 Å². The zero-order valence-corrected chi connectivity index (χ0v) is 15.8. The van der Waals surface area contributed by atoms with Gasteiger partial charge < -0.3 is 9.32 Å². The smallest absolute Gasteiger partial charge is 0.256 e. The number of oxazole rings is 1. The molecule has 3 heterocycles. The average Bonchev–Trinajstić information content (AvgIpc) is 3.33. The summed E-state index contributed by atoms with van der Waals surface area (Å²) in [7, 11) is 0. The number of hydrogen-bond donors (Lipinski definition) is 0. The molecule has 140 valence electrons. The third kappa shape index (κ3) is 3.37. The average molecular weight is 365 g/mol. The molecule has 1 aromatic carbocycles. The Morgan fingerprint density at radius 3 is 2.67 bits per heavy atom. The van der Waals surface area contributed by atoms with Gasteiger partial charge in [-0.05, 0) is 45.7 Å². The number of likely N-dealkylation sites (tertiary alicyclic amines) is 1. The number of aromatic nitrogens is 4. The van der Waals surface area contributed by atoms with E-state index < -0.39 is 0 Å². The van der Waals surface area contributed by atoms with Crippen LogP contribution in [0.15, 0.2) is 41.2 Å². The molecule has 0 bridgehead atoms. The number of carbonyl (C=O) groups excluding carboxylic acids is 1. The first kappa shape index (κ1) is 17.5. The molecular weight excluding hydrogens is 342 g/mol. The van der Waals surface area contributed by atoms with Gasteiger partial charge in [0.2, 0.25) is 0 Å². The van der Waals surface area contributed by atoms with E-state index in [2.05, 4.69) is 22.1 Å². The van der Waals surface area contributed by atoms with Crippen LogP contribution in [0.4, 0.5) is 0 Å². The summed E-state index contributed by atoms with van der Waals surface area (Å²) in [5.41, 5.74) is 2.33. The lowest BCUT2D eigenvalue weighted by molar-refractivity contribution is 0.0596. The molecule has 0 spiro atoms. The lowest BCUT2D eigenvalue weighted by atomic mass is 9.92. The van der Waals surface area contributed by atoms with Crippen molar-refractivity contribution < 1.29 is 9.21 Å². The number of nitrogens with zero attached hydrogens (tertiary/aromatic N) is 5. The second-order valence-corrected chi connectivity index (χ2v) is 7.23. The Hall–Kier alpha value is -2.96. The minimum atomic E-state index is -0.00789. The molecule has 1 fully saturated rings. The highest BCUT2D eigenvalue weighted by atomic mass is 16.4. The Kier molecular flexibility index (Phi) is 4.51. The summed E-state index contributed by atoms with van der Waals surface area (Å²) in [5.74, 6) is 1.63. The summed E-state index contributed by atoms with van der Waals surface area (Å²) in [5, 5.41) is 8.40. The summed E-state index contributed by atoms with van der Waals surface area (Å²) in [6, 6.07) is 5.93. The Morgan fingerprint density at radius 2 is 1.96 bits per heavy atom. The van der Waals surface area contributed by atoms with E-state index in [-0.39, 0.29) is 17.9 Å². The van der Waals surface area contributed by atoms with Crippen LogP contribution in [-0.2, 0) is 0 Å². The number of carbonyl (C=O) groups is 1. The maximum Gasteiger partial charge on any atom is 0.256 e. The third-order valence-electron chi connectivity index (χ3n) is 5.15. The SMILES string of the molecule is Cc1ccc(-n2nccn2)c(C(=O)N2CC(c3ncc(C)o3)CCC2C)c1. The molecule has 2 aromatic heterocycles. The van der Waals surface area contributed by atoms with Crippen LogP contribution >= 0.6 is 0 Å². The van der Waals surface area contributed by atoms with E-state index >= 15 is 0 Å². The Morgan fingerprint density at radius 1 is 1.19 bits per heavy atom. The molecule has 7 nitrogen and oxygen atoms in total. The van der Waals surface area contributed by atoms with E-state index in [0.29, 0.717) is 17.8 Å². The van der Waals surface area contributed by atoms with Crippen LogP contribution in [0.1, 0.15) is 53.3 Å². The zero-order chi connectivity index (χ0) is 19.0. The van der Waals surface area contributed by atoms with Crippen molar-refractivity contribution in [3.05, 3.63) is 59.6 Å². The number of piperidine rings is 1. The van der Waals surface area contributed by atoms with Crippen molar-refractivity contribution in [3.63, 3.8) is 0 Å². The molecular formula is C20H23N5O2. The van der Waals surface area contributed by atoms with Crippen molar-refractivity contribution in [1.29, 1.82) is 0 Å². The molecule has 0 aliphatic carbocycles. The topological polar surface area (TPSA) is 77.1 Å². The Balaban J connectivity index is 1.66. The van der Waals surface area contributed by atoms with Gasteiger partial charge in [0.15, 0.2) is 5.89 Å². The van der Waals surface area contributed by atoms with Crippen molar-refractivity contribution in [1.82, 2.24) is 24.9 Å². The van der Waals surface area contributed by atoms with Crippen LogP contribution in [0.5, 0.6) is 0 Å². The van der Waals surface area contributed by atoms with Crippen molar-refractivity contribution in [2.75, 3.05) is 6.54 Å². The van der Waals surface area contributed by atoms with Crippen LogP contribution in [0.25, 0.3) is 5.69 Å². The first-order chi connectivity index (χ1) is 13.0. The van der Waals surface area contributed by atoms with E-state index in [9.17, 15) is 4.79 Å². The van der Waals surface area contributed by atoms with E-state index in [4.69, 9.17) is 4.42 Å². The summed E-state index contributed by atoms with van der Waals surface area (Å²) in [6.07, 6.45) is 6.84. The Labute approximate surface area is 158 Å². The molecule has 4 rings (SSSR count). The number of amides is 1. The monoisotopic (exact) mass is 365 g/mol. The zero-order valence-electron chi connectivity index (χ0n) is 15.8. The third-order valence-corrected chi connectivity index (χ3v) is 5.15. The standard InChI is InChI=1S/C20H23N5O2/c1-13-4-7-18(25-22-8-9-23-25)17(10-13)20(26)24-12-16(6-5-14(24)2)19-21-11-15(3)27-19/h4,7-11,14,16H,5-6,12H2,1-3H3. The summed E-state index contributed by atoms with van der Waals surface area (Å²) in [6.45, 7) is 6.56. The maximum atomic E-state index is 13.5. The minimum Gasteiger partial charge on any atom is -0.446 e. The van der Waals surface area contributed by atoms with Gasteiger partial charge in [-0.2, -0.15) is 15.0 Å². The second kappa shape index (κ2) is 6.98. The largest absolute Gasteiger partial charge is 0.446 e. The van der Waals surface area contributed by atoms with E-state index in [1.807, 2.05) is 36.9 Å². The second-order valence-electron chi connectivity index (χ2n) is 7.23. The highest BCUT2D eigenvalue weighted by Gasteiger charge is 2.33. The summed E-state index contributed by atoms with van der Waals surface area (Å²) < 4.78 is 5.72. The Bertz CT molecular complexity index is 947. The molecule has 0 saturated carbocycles. The van der Waals surface area contributed by atoms with Gasteiger partial charge in [0.25, 0.3) is 5.91 Å². The molecule has 1 aliphatic rings. The van der Waals surface area contributed by atoms with Gasteiger partial charge in [0.1, 0.15) is 5.76 Å². The molecule has 2 unspecified atom stereocenters. The minimum absolute atomic E-state index is 0.00789. The van der Waals surface area contributed by atoms with Gasteiger partial charge in [-0.1, -0.05) is 11.6 Å². The predicted molar refractivity (Wildman–Crippen MR) is 99.8 cm³/mol. The van der Waals surface area contributed by atoms with Crippen LogP contribution in [0.2, 0.25) is 0 Å². The van der Waals surface area contributed by atoms with Gasteiger partial charge >= 0.3 is 0 Å². The highest BCUT2D eigenvalue weighted by molar-refractivity contribution is 5.98. The maximum absolute atomic E-state index is 13.5. The molecule has 7 heteroatoms. The molecule has 2 atom stereocenters. The van der Waals surface area contributed by atoms with Crippen molar-refractivity contribution in [3.8, 4) is 5.69 Å². The number of benzene rings is 1. The van der Waals surface area contributed by atoms with Crippen molar-refractivity contribution >= 4 is 5.91 Å². The first-order valence-electron chi connectivity index (χ1n) is 9.23. The normalized spacial score (nSPS) is 20.0. The molecule has 1 amide bonds. The lowest BCUT2D eigenvalue weighted by Gasteiger charge is -2.37. The van der Waals surface area contributed by atoms with Gasteiger partial charge in [-0.15, -0.1) is 0 Å². The van der Waals surface area contributed by atoms with Crippen molar-refractivity contribution in [2.24, 2.45) is 0 Å². The predicted octanol–water partition coefficient (Wildman–Crippen LogP) is 3.28. The molecule has 3 aromatic rings. The summed E-state index contributed by atoms with van der Waals surface area (Å²) >= 11 is 0. The molecule has 27 heavy (non-hydrogen) atoms. The number of rotatable bonds is 3. The van der Waals surface area contributed by atoms with Gasteiger partial charge in [0.05, 0.1) is 35.8 Å². The molecule has 0 radical (unpaired) electrons. The molecule has 1 saturated heterocycles. The fourth-order valence-corrected chi connectivity index (χ4v) is 3.64. The fourth-order valence-electron chi connectivity index (χ4n) is 3.64. The fraction of sp³-hybridized carbons (Fsp3) is 0.400. The van der Waals surface area contributed by atoms with Gasteiger partial charge in [-0.25, -0.2) is 4.98 Å². The number of aryl methyl sites for hydroxylation is 2. The van der Waals surface area contributed by atoms with Gasteiger partial charge in [-0.3, -0.25) is 4.79 Å². The lowest BCUT2D eigenvalue weighted by Crippen LogP contribution is -2.45. The molecule has 1 aliphatic heterocycles. The van der Waals surface area contributed by atoms with Crippen molar-refractivity contribution in [2.45, 2.75) is 45.6 Å². The van der Waals surface area contributed by atoms with E-state index in [1.54, 1.807) is 18.6 Å². The quantitative estimate of drug-likeness (QED) is 0.712.